The van der Waals surface area contributed by atoms with Crippen LogP contribution >= 0.6 is 23.4 Å². The van der Waals surface area contributed by atoms with Crippen molar-refractivity contribution in [1.29, 1.82) is 0 Å². The van der Waals surface area contributed by atoms with Gasteiger partial charge in [-0.2, -0.15) is 0 Å². The number of thioether (sulfide) groups is 1. The zero-order chi connectivity index (χ0) is 22.7. The number of amides is 2. The fourth-order valence-electron chi connectivity index (χ4n) is 3.34. The Hall–Kier alpha value is -2.52. The summed E-state index contributed by atoms with van der Waals surface area (Å²) >= 11 is 7.36. The predicted molar refractivity (Wildman–Crippen MR) is 121 cm³/mol. The molecule has 2 aromatic rings. The smallest absolute Gasteiger partial charge is 0.337 e. The first-order valence-electron chi connectivity index (χ1n) is 10.0. The van der Waals surface area contributed by atoms with Gasteiger partial charge in [-0.25, -0.2) is 14.6 Å². The van der Waals surface area contributed by atoms with E-state index in [1.54, 1.807) is 36.6 Å². The Morgan fingerprint density at radius 2 is 2.10 bits per heavy atom. The lowest BCUT2D eigenvalue weighted by atomic mass is 10.1. The quantitative estimate of drug-likeness (QED) is 0.370. The summed E-state index contributed by atoms with van der Waals surface area (Å²) in [5.74, 6) is -0.0302. The van der Waals surface area contributed by atoms with Crippen LogP contribution in [0.2, 0.25) is 5.02 Å². The normalized spacial score (nSPS) is 16.5. The molecule has 0 unspecified atom stereocenters. The number of esters is 1. The van der Waals surface area contributed by atoms with Gasteiger partial charge in [-0.15, -0.1) is 0 Å². The van der Waals surface area contributed by atoms with Gasteiger partial charge in [0.05, 0.1) is 29.1 Å². The molecular formula is C21H25ClN4O4S. The van der Waals surface area contributed by atoms with Crippen LogP contribution in [-0.4, -0.2) is 40.0 Å². The third-order valence-corrected chi connectivity index (χ3v) is 5.88. The van der Waals surface area contributed by atoms with Crippen molar-refractivity contribution in [3.8, 4) is 0 Å². The number of nitrogens with zero attached hydrogens (tertiary/aromatic N) is 2. The Bertz CT molecular complexity index is 1110. The maximum absolute atomic E-state index is 13.1. The number of carbonyl (C=O) groups excluding carboxylic acids is 2. The van der Waals surface area contributed by atoms with Crippen molar-refractivity contribution in [2.45, 2.75) is 45.4 Å². The number of hydrogen-bond donors (Lipinski definition) is 2. The molecule has 0 bridgehead atoms. The van der Waals surface area contributed by atoms with E-state index in [1.165, 1.54) is 11.8 Å². The zero-order valence-corrected chi connectivity index (χ0v) is 19.4. The van der Waals surface area contributed by atoms with Crippen molar-refractivity contribution in [2.24, 2.45) is 5.92 Å². The molecule has 2 N–H and O–H groups in total. The van der Waals surface area contributed by atoms with Gasteiger partial charge in [0, 0.05) is 23.0 Å². The van der Waals surface area contributed by atoms with Gasteiger partial charge in [0.2, 0.25) is 0 Å². The van der Waals surface area contributed by atoms with Crippen LogP contribution in [0.5, 0.6) is 0 Å². The molecule has 3 rings (SSSR count). The summed E-state index contributed by atoms with van der Waals surface area (Å²) in [5, 5.41) is 6.80. The standard InChI is InChI=1S/C21H25ClN4O4S/c1-5-30-19(28)17-12(4)23-20(29)24-16(17)10-31-21-25-15-7-6-13(22)8-14(15)18(27)26(21)9-11(2)3/h6-8,11-12H,5,9-10H2,1-4H3,(H2,23,24,29)/t12-/m0/s1. The van der Waals surface area contributed by atoms with Crippen molar-refractivity contribution in [1.82, 2.24) is 20.2 Å². The van der Waals surface area contributed by atoms with Gasteiger partial charge in [0.15, 0.2) is 5.16 Å². The van der Waals surface area contributed by atoms with E-state index in [-0.39, 0.29) is 23.8 Å². The molecule has 0 spiro atoms. The lowest BCUT2D eigenvalue weighted by Gasteiger charge is -2.26. The van der Waals surface area contributed by atoms with Crippen LogP contribution in [0.25, 0.3) is 10.9 Å². The Morgan fingerprint density at radius 1 is 1.35 bits per heavy atom. The number of benzene rings is 1. The molecule has 0 aliphatic carbocycles. The molecular weight excluding hydrogens is 440 g/mol. The van der Waals surface area contributed by atoms with Crippen molar-refractivity contribution in [2.75, 3.05) is 12.4 Å². The van der Waals surface area contributed by atoms with Crippen LogP contribution in [0.3, 0.4) is 0 Å². The number of aromatic nitrogens is 2. The first-order chi connectivity index (χ1) is 14.7. The first kappa shape index (κ1) is 23.1. The van der Waals surface area contributed by atoms with Crippen LogP contribution in [0.15, 0.2) is 39.4 Å². The molecule has 1 aliphatic rings. The van der Waals surface area contributed by atoms with E-state index >= 15 is 0 Å². The molecule has 166 valence electrons. The number of fused-ring (bicyclic) bond motifs is 1. The fourth-order valence-corrected chi connectivity index (χ4v) is 4.49. The molecule has 1 atom stereocenters. The topological polar surface area (TPSA) is 102 Å². The van der Waals surface area contributed by atoms with E-state index in [2.05, 4.69) is 15.6 Å². The Balaban J connectivity index is 2.02. The molecule has 1 aromatic heterocycles. The van der Waals surface area contributed by atoms with Crippen molar-refractivity contribution < 1.29 is 14.3 Å². The van der Waals surface area contributed by atoms with E-state index in [0.717, 1.165) is 0 Å². The maximum Gasteiger partial charge on any atom is 0.337 e. The second-order valence-electron chi connectivity index (χ2n) is 7.59. The summed E-state index contributed by atoms with van der Waals surface area (Å²) in [4.78, 5) is 42.2. The molecule has 8 nitrogen and oxygen atoms in total. The summed E-state index contributed by atoms with van der Waals surface area (Å²) in [6.45, 7) is 8.18. The van der Waals surface area contributed by atoms with Crippen LogP contribution < -0.4 is 16.2 Å². The van der Waals surface area contributed by atoms with Gasteiger partial charge in [0.1, 0.15) is 0 Å². The average molecular weight is 465 g/mol. The van der Waals surface area contributed by atoms with Gasteiger partial charge >= 0.3 is 12.0 Å². The molecule has 10 heteroatoms. The minimum Gasteiger partial charge on any atom is -0.463 e. The van der Waals surface area contributed by atoms with Gasteiger partial charge in [-0.3, -0.25) is 9.36 Å². The summed E-state index contributed by atoms with van der Waals surface area (Å²) in [6.07, 6.45) is 0. The molecule has 0 fully saturated rings. The Morgan fingerprint density at radius 3 is 2.77 bits per heavy atom. The number of hydrogen-bond acceptors (Lipinski definition) is 6. The molecule has 0 saturated carbocycles. The second-order valence-corrected chi connectivity index (χ2v) is 8.97. The SMILES string of the molecule is CCOC(=O)C1=C(CSc2nc3ccc(Cl)cc3c(=O)n2CC(C)C)NC(=O)N[C@H]1C. The maximum atomic E-state index is 13.1. The van der Waals surface area contributed by atoms with E-state index in [1.807, 2.05) is 13.8 Å². The Labute approximate surface area is 189 Å². The lowest BCUT2D eigenvalue weighted by Crippen LogP contribution is -2.49. The number of ether oxygens (including phenoxy) is 1. The van der Waals surface area contributed by atoms with Crippen LogP contribution in [-0.2, 0) is 16.1 Å². The molecule has 2 heterocycles. The predicted octanol–water partition coefficient (Wildman–Crippen LogP) is 3.32. The highest BCUT2D eigenvalue weighted by atomic mass is 35.5. The number of urea groups is 1. The fraction of sp³-hybridized carbons (Fsp3) is 0.429. The highest BCUT2D eigenvalue weighted by molar-refractivity contribution is 7.99. The van der Waals surface area contributed by atoms with Crippen molar-refractivity contribution in [3.05, 3.63) is 44.8 Å². The van der Waals surface area contributed by atoms with Gasteiger partial charge in [0.25, 0.3) is 5.56 Å². The van der Waals surface area contributed by atoms with Crippen molar-refractivity contribution in [3.63, 3.8) is 0 Å². The third kappa shape index (κ3) is 5.22. The van der Waals surface area contributed by atoms with Gasteiger partial charge in [-0.1, -0.05) is 37.2 Å². The lowest BCUT2D eigenvalue weighted by molar-refractivity contribution is -0.138. The number of nitrogens with one attached hydrogen (secondary N) is 2. The van der Waals surface area contributed by atoms with E-state index in [0.29, 0.717) is 38.9 Å². The zero-order valence-electron chi connectivity index (χ0n) is 17.8. The average Bonchev–Trinajstić information content (AvgIpc) is 2.68. The van der Waals surface area contributed by atoms with Gasteiger partial charge in [-0.05, 0) is 38.0 Å². The van der Waals surface area contributed by atoms with Crippen LogP contribution in [0, 0.1) is 5.92 Å². The molecule has 0 radical (unpaired) electrons. The summed E-state index contributed by atoms with van der Waals surface area (Å²) < 4.78 is 6.77. The minimum absolute atomic E-state index is 0.175. The monoisotopic (exact) mass is 464 g/mol. The third-order valence-electron chi connectivity index (χ3n) is 4.64. The number of carbonyl (C=O) groups is 2. The highest BCUT2D eigenvalue weighted by Crippen LogP contribution is 2.25. The van der Waals surface area contributed by atoms with Crippen molar-refractivity contribution >= 4 is 46.3 Å². The molecule has 0 saturated heterocycles. The van der Waals surface area contributed by atoms with Gasteiger partial charge < -0.3 is 15.4 Å². The first-order valence-corrected chi connectivity index (χ1v) is 11.4. The van der Waals surface area contributed by atoms with E-state index in [9.17, 15) is 14.4 Å². The molecule has 1 aromatic carbocycles. The second kappa shape index (κ2) is 9.74. The number of rotatable bonds is 7. The van der Waals surface area contributed by atoms with E-state index < -0.39 is 18.0 Å². The molecule has 2 amide bonds. The minimum atomic E-state index is -0.493. The Kier molecular flexibility index (Phi) is 7.27. The summed E-state index contributed by atoms with van der Waals surface area (Å²) in [5.41, 5.74) is 1.17. The van der Waals surface area contributed by atoms with Crippen LogP contribution in [0.1, 0.15) is 27.7 Å². The summed E-state index contributed by atoms with van der Waals surface area (Å²) in [6, 6.07) is 4.13. The largest absolute Gasteiger partial charge is 0.463 e. The highest BCUT2D eigenvalue weighted by Gasteiger charge is 2.30. The molecule has 31 heavy (non-hydrogen) atoms. The molecule has 1 aliphatic heterocycles. The summed E-state index contributed by atoms with van der Waals surface area (Å²) in [7, 11) is 0. The van der Waals surface area contributed by atoms with E-state index in [4.69, 9.17) is 16.3 Å². The van der Waals surface area contributed by atoms with Crippen LogP contribution in [0.4, 0.5) is 4.79 Å². The number of halogens is 1.